The van der Waals surface area contributed by atoms with E-state index >= 15 is 0 Å². The molecule has 1 heterocycles. The van der Waals surface area contributed by atoms with Crippen LogP contribution in [-0.2, 0) is 14.3 Å². The average molecular weight is 244 g/mol. The first-order chi connectivity index (χ1) is 8.04. The van der Waals surface area contributed by atoms with Crippen molar-refractivity contribution in [2.45, 2.75) is 26.1 Å². The normalized spacial score (nSPS) is 26.6. The smallest absolute Gasteiger partial charge is 0.227 e. The minimum absolute atomic E-state index is 0.0328. The molecule has 17 heavy (non-hydrogen) atoms. The summed E-state index contributed by atoms with van der Waals surface area (Å²) in [6.45, 7) is 5.62. The summed E-state index contributed by atoms with van der Waals surface area (Å²) in [5, 5.41) is 0. The predicted octanol–water partition coefficient (Wildman–Crippen LogP) is 0.0895. The van der Waals surface area contributed by atoms with E-state index in [1.54, 1.807) is 19.1 Å². The van der Waals surface area contributed by atoms with Gasteiger partial charge in [-0.25, -0.2) is 0 Å². The maximum absolute atomic E-state index is 12.3. The minimum Gasteiger partial charge on any atom is -0.377 e. The maximum Gasteiger partial charge on any atom is 0.227 e. The largest absolute Gasteiger partial charge is 0.377 e. The number of likely N-dealkylation sites (tertiary alicyclic amines) is 1. The van der Waals surface area contributed by atoms with Gasteiger partial charge in [0.15, 0.2) is 0 Å². The summed E-state index contributed by atoms with van der Waals surface area (Å²) in [6, 6.07) is 0. The number of hydrogen-bond acceptors (Lipinski definition) is 4. The van der Waals surface area contributed by atoms with E-state index in [4.69, 9.17) is 15.2 Å². The fourth-order valence-electron chi connectivity index (χ4n) is 2.27. The van der Waals surface area contributed by atoms with Crippen LogP contribution in [0.2, 0.25) is 0 Å². The zero-order chi connectivity index (χ0) is 13.0. The number of rotatable bonds is 5. The van der Waals surface area contributed by atoms with Crippen LogP contribution < -0.4 is 5.73 Å². The van der Waals surface area contributed by atoms with E-state index in [2.05, 4.69) is 0 Å². The van der Waals surface area contributed by atoms with Gasteiger partial charge in [-0.1, -0.05) is 13.8 Å². The molecule has 2 N–H and O–H groups in total. The first-order valence-corrected chi connectivity index (χ1v) is 6.09. The molecule has 0 spiro atoms. The van der Waals surface area contributed by atoms with Gasteiger partial charge in [-0.2, -0.15) is 0 Å². The Bertz CT molecular complexity index is 246. The number of carbonyl (C=O) groups is 1. The van der Waals surface area contributed by atoms with E-state index in [0.29, 0.717) is 19.6 Å². The van der Waals surface area contributed by atoms with Gasteiger partial charge < -0.3 is 20.1 Å². The molecule has 1 aliphatic rings. The van der Waals surface area contributed by atoms with Gasteiger partial charge >= 0.3 is 0 Å². The molecule has 0 aromatic heterocycles. The van der Waals surface area contributed by atoms with Gasteiger partial charge in [0.25, 0.3) is 0 Å². The Hall–Kier alpha value is -0.650. The van der Waals surface area contributed by atoms with E-state index in [1.807, 2.05) is 13.8 Å². The highest BCUT2D eigenvalue weighted by molar-refractivity contribution is 5.79. The first-order valence-electron chi connectivity index (χ1n) is 6.09. The lowest BCUT2D eigenvalue weighted by Crippen LogP contribution is -2.40. The third-order valence-corrected chi connectivity index (χ3v) is 3.51. The van der Waals surface area contributed by atoms with Crippen molar-refractivity contribution >= 4 is 5.91 Å². The molecule has 0 saturated carbocycles. The summed E-state index contributed by atoms with van der Waals surface area (Å²) >= 11 is 0. The zero-order valence-corrected chi connectivity index (χ0v) is 11.2. The van der Waals surface area contributed by atoms with E-state index in [1.165, 1.54) is 0 Å². The SMILES string of the molecule is COC1CN(C(=O)C(CN)C(C)C)CC1OC. The van der Waals surface area contributed by atoms with Crippen molar-refractivity contribution in [1.29, 1.82) is 0 Å². The van der Waals surface area contributed by atoms with E-state index in [-0.39, 0.29) is 30.0 Å². The number of ether oxygens (including phenoxy) is 2. The van der Waals surface area contributed by atoms with Crippen LogP contribution in [-0.4, -0.2) is 56.9 Å². The molecule has 5 nitrogen and oxygen atoms in total. The predicted molar refractivity (Wildman–Crippen MR) is 65.6 cm³/mol. The molecule has 1 rings (SSSR count). The molecule has 1 saturated heterocycles. The highest BCUT2D eigenvalue weighted by Gasteiger charge is 2.38. The van der Waals surface area contributed by atoms with Crippen LogP contribution >= 0.6 is 0 Å². The highest BCUT2D eigenvalue weighted by Crippen LogP contribution is 2.20. The van der Waals surface area contributed by atoms with Crippen molar-refractivity contribution < 1.29 is 14.3 Å². The lowest BCUT2D eigenvalue weighted by molar-refractivity contribution is -0.136. The number of nitrogens with two attached hydrogens (primary N) is 1. The molecule has 3 unspecified atom stereocenters. The summed E-state index contributed by atoms with van der Waals surface area (Å²) < 4.78 is 10.6. The van der Waals surface area contributed by atoms with E-state index in [9.17, 15) is 4.79 Å². The van der Waals surface area contributed by atoms with Gasteiger partial charge in [0.05, 0.1) is 5.92 Å². The summed E-state index contributed by atoms with van der Waals surface area (Å²) in [5.41, 5.74) is 5.67. The summed E-state index contributed by atoms with van der Waals surface area (Å²) in [7, 11) is 3.29. The van der Waals surface area contributed by atoms with Crippen LogP contribution in [0.5, 0.6) is 0 Å². The van der Waals surface area contributed by atoms with Crippen molar-refractivity contribution in [2.75, 3.05) is 33.9 Å². The molecule has 0 aromatic rings. The molecule has 5 heteroatoms. The topological polar surface area (TPSA) is 64.8 Å². The number of hydrogen-bond donors (Lipinski definition) is 1. The lowest BCUT2D eigenvalue weighted by atomic mass is 9.94. The molecular weight excluding hydrogens is 220 g/mol. The maximum atomic E-state index is 12.3. The third kappa shape index (κ3) is 3.18. The summed E-state index contributed by atoms with van der Waals surface area (Å²) in [4.78, 5) is 14.1. The van der Waals surface area contributed by atoms with Gasteiger partial charge in [0.1, 0.15) is 12.2 Å². The number of amides is 1. The van der Waals surface area contributed by atoms with E-state index in [0.717, 1.165) is 0 Å². The molecule has 1 fully saturated rings. The van der Waals surface area contributed by atoms with Crippen molar-refractivity contribution in [1.82, 2.24) is 4.90 Å². The zero-order valence-electron chi connectivity index (χ0n) is 11.2. The summed E-state index contributed by atoms with van der Waals surface area (Å²) in [5.74, 6) is 0.266. The second-order valence-corrected chi connectivity index (χ2v) is 4.88. The van der Waals surface area contributed by atoms with Crippen molar-refractivity contribution in [3.8, 4) is 0 Å². The molecule has 0 aliphatic carbocycles. The Balaban J connectivity index is 2.65. The Morgan fingerprint density at radius 1 is 1.29 bits per heavy atom. The molecule has 0 bridgehead atoms. The fraction of sp³-hybridized carbons (Fsp3) is 0.917. The van der Waals surface area contributed by atoms with Crippen LogP contribution in [0.15, 0.2) is 0 Å². The van der Waals surface area contributed by atoms with Crippen molar-refractivity contribution in [2.24, 2.45) is 17.6 Å². The minimum atomic E-state index is -0.108. The lowest BCUT2D eigenvalue weighted by Gasteiger charge is -2.24. The Morgan fingerprint density at radius 2 is 1.76 bits per heavy atom. The van der Waals surface area contributed by atoms with Gasteiger partial charge in [-0.15, -0.1) is 0 Å². The van der Waals surface area contributed by atoms with E-state index < -0.39 is 0 Å². The Kier molecular flexibility index (Phi) is 5.36. The molecular formula is C12H24N2O3. The quantitative estimate of drug-likeness (QED) is 0.744. The van der Waals surface area contributed by atoms with Gasteiger partial charge in [-0.3, -0.25) is 4.79 Å². The molecule has 1 amide bonds. The molecule has 0 aromatic carbocycles. The molecule has 1 aliphatic heterocycles. The van der Waals surface area contributed by atoms with Gasteiger partial charge in [0, 0.05) is 33.9 Å². The van der Waals surface area contributed by atoms with Crippen LogP contribution in [0.1, 0.15) is 13.8 Å². The number of nitrogens with zero attached hydrogens (tertiary/aromatic N) is 1. The fourth-order valence-corrected chi connectivity index (χ4v) is 2.27. The van der Waals surface area contributed by atoms with Crippen molar-refractivity contribution in [3.05, 3.63) is 0 Å². The Morgan fingerprint density at radius 3 is 2.06 bits per heavy atom. The molecule has 0 radical (unpaired) electrons. The van der Waals surface area contributed by atoms with Crippen LogP contribution in [0.25, 0.3) is 0 Å². The third-order valence-electron chi connectivity index (χ3n) is 3.51. The average Bonchev–Trinajstić information content (AvgIpc) is 2.72. The molecule has 100 valence electrons. The van der Waals surface area contributed by atoms with Crippen molar-refractivity contribution in [3.63, 3.8) is 0 Å². The Labute approximate surface area is 103 Å². The van der Waals surface area contributed by atoms with Crippen LogP contribution in [0.4, 0.5) is 0 Å². The second kappa shape index (κ2) is 6.33. The number of carbonyl (C=O) groups excluding carboxylic acids is 1. The van der Waals surface area contributed by atoms with Crippen LogP contribution in [0, 0.1) is 11.8 Å². The highest BCUT2D eigenvalue weighted by atomic mass is 16.5. The number of methoxy groups -OCH3 is 2. The van der Waals surface area contributed by atoms with Gasteiger partial charge in [0.2, 0.25) is 5.91 Å². The summed E-state index contributed by atoms with van der Waals surface area (Å²) in [6.07, 6.45) is -0.0657. The van der Waals surface area contributed by atoms with Crippen LogP contribution in [0.3, 0.4) is 0 Å². The monoisotopic (exact) mass is 244 g/mol. The standard InChI is InChI=1S/C12H24N2O3/c1-8(2)9(5-13)12(15)14-6-10(16-3)11(7-14)17-4/h8-11H,5-7,13H2,1-4H3. The molecule has 3 atom stereocenters. The second-order valence-electron chi connectivity index (χ2n) is 4.88. The first kappa shape index (κ1) is 14.4. The van der Waals surface area contributed by atoms with Gasteiger partial charge in [-0.05, 0) is 5.92 Å².